The number of aromatic nitrogens is 1. The van der Waals surface area contributed by atoms with Crippen LogP contribution in [0.3, 0.4) is 0 Å². The molecule has 0 unspecified atom stereocenters. The minimum Gasteiger partial charge on any atom is -0.510 e. The zero-order valence-electron chi connectivity index (χ0n) is 17.5. The Morgan fingerprint density at radius 2 is 1.82 bits per heavy atom. The van der Waals surface area contributed by atoms with Crippen LogP contribution in [-0.2, 0) is 6.61 Å². The van der Waals surface area contributed by atoms with Gasteiger partial charge in [-0.15, -0.1) is 11.3 Å². The lowest BCUT2D eigenvalue weighted by Crippen LogP contribution is -2.26. The third-order valence-electron chi connectivity index (χ3n) is 5.34. The van der Waals surface area contributed by atoms with E-state index >= 15 is 0 Å². The van der Waals surface area contributed by atoms with E-state index in [1.54, 1.807) is 4.90 Å². The fraction of sp³-hybridized carbons (Fsp3) is 0.0769. The number of aliphatic hydroxyl groups excluding tert-OH is 1. The molecule has 0 saturated heterocycles. The second kappa shape index (κ2) is 9.10. The quantitative estimate of drug-likeness (QED) is 0.322. The van der Waals surface area contributed by atoms with Gasteiger partial charge < -0.3 is 14.7 Å². The van der Waals surface area contributed by atoms with Crippen LogP contribution in [0.1, 0.15) is 10.6 Å². The van der Waals surface area contributed by atoms with Gasteiger partial charge in [-0.1, -0.05) is 60.1 Å². The molecule has 1 aliphatic rings. The number of anilines is 1. The van der Waals surface area contributed by atoms with Gasteiger partial charge in [-0.05, 0) is 29.8 Å². The van der Waals surface area contributed by atoms with Crippen molar-refractivity contribution in [1.29, 1.82) is 5.41 Å². The predicted molar refractivity (Wildman–Crippen MR) is 134 cm³/mol. The van der Waals surface area contributed by atoms with Crippen molar-refractivity contribution in [3.63, 3.8) is 0 Å². The molecule has 5 nitrogen and oxygen atoms in total. The first kappa shape index (κ1) is 21.2. The predicted octanol–water partition coefficient (Wildman–Crippen LogP) is 6.81. The Morgan fingerprint density at radius 3 is 2.61 bits per heavy atom. The second-order valence-electron chi connectivity index (χ2n) is 7.57. The van der Waals surface area contributed by atoms with Crippen molar-refractivity contribution in [2.75, 3.05) is 11.4 Å². The van der Waals surface area contributed by atoms with E-state index in [0.29, 0.717) is 28.0 Å². The van der Waals surface area contributed by atoms with Crippen molar-refractivity contribution >= 4 is 40.0 Å². The Labute approximate surface area is 200 Å². The highest BCUT2D eigenvalue weighted by atomic mass is 35.5. The molecule has 0 radical (unpaired) electrons. The lowest BCUT2D eigenvalue weighted by Gasteiger charge is -2.19. The number of amidine groups is 1. The minimum absolute atomic E-state index is 0.132. The molecule has 164 valence electrons. The minimum atomic E-state index is 0.132. The summed E-state index contributed by atoms with van der Waals surface area (Å²) in [5.74, 6) is 1.05. The molecule has 7 heteroatoms. The molecule has 2 N–H and O–H groups in total. The molecule has 1 aromatic heterocycles. The SMILES string of the molecule is N=C1C(c2nc(-c3ccc(Cl)cc3)cs2)=C(O)CN1c1cccc(OCc2ccccc2)c1. The number of hydrogen-bond donors (Lipinski definition) is 2. The largest absolute Gasteiger partial charge is 0.510 e. The van der Waals surface area contributed by atoms with Crippen molar-refractivity contribution < 1.29 is 9.84 Å². The van der Waals surface area contributed by atoms with Gasteiger partial charge in [-0.3, -0.25) is 5.41 Å². The molecule has 0 amide bonds. The smallest absolute Gasteiger partial charge is 0.139 e. The van der Waals surface area contributed by atoms with Gasteiger partial charge >= 0.3 is 0 Å². The highest BCUT2D eigenvalue weighted by Crippen LogP contribution is 2.35. The number of nitrogens with zero attached hydrogens (tertiary/aromatic N) is 2. The van der Waals surface area contributed by atoms with Gasteiger partial charge in [-0.2, -0.15) is 0 Å². The molecule has 0 aliphatic carbocycles. The molecular weight excluding hydrogens is 454 g/mol. The number of rotatable bonds is 6. The molecule has 0 spiro atoms. The Kier molecular flexibility index (Phi) is 5.86. The van der Waals surface area contributed by atoms with Crippen LogP contribution in [0, 0.1) is 5.41 Å². The molecule has 0 bridgehead atoms. The molecule has 1 aliphatic heterocycles. The third kappa shape index (κ3) is 4.49. The van der Waals surface area contributed by atoms with Crippen molar-refractivity contribution in [2.45, 2.75) is 6.61 Å². The maximum Gasteiger partial charge on any atom is 0.139 e. The van der Waals surface area contributed by atoms with Gasteiger partial charge in [-0.25, -0.2) is 4.98 Å². The van der Waals surface area contributed by atoms with Crippen LogP contribution < -0.4 is 9.64 Å². The van der Waals surface area contributed by atoms with Crippen LogP contribution in [0.25, 0.3) is 16.8 Å². The van der Waals surface area contributed by atoms with Gasteiger partial charge in [0.15, 0.2) is 0 Å². The van der Waals surface area contributed by atoms with Crippen molar-refractivity contribution in [2.24, 2.45) is 0 Å². The monoisotopic (exact) mass is 473 g/mol. The summed E-state index contributed by atoms with van der Waals surface area (Å²) in [5, 5.41) is 22.6. The molecule has 0 fully saturated rings. The summed E-state index contributed by atoms with van der Waals surface area (Å²) in [7, 11) is 0. The molecule has 5 rings (SSSR count). The van der Waals surface area contributed by atoms with Gasteiger partial charge in [0.2, 0.25) is 0 Å². The molecular formula is C26H20ClN3O2S. The Bertz CT molecular complexity index is 1330. The van der Waals surface area contributed by atoms with E-state index in [2.05, 4.69) is 4.98 Å². The van der Waals surface area contributed by atoms with Gasteiger partial charge in [0, 0.05) is 27.7 Å². The first-order valence-electron chi connectivity index (χ1n) is 10.4. The maximum absolute atomic E-state index is 10.7. The van der Waals surface area contributed by atoms with Crippen LogP contribution >= 0.6 is 22.9 Å². The number of nitrogens with one attached hydrogen (secondary N) is 1. The fourth-order valence-electron chi connectivity index (χ4n) is 3.65. The first-order valence-corrected chi connectivity index (χ1v) is 11.6. The van der Waals surface area contributed by atoms with E-state index in [0.717, 1.165) is 22.5 Å². The molecule has 0 atom stereocenters. The van der Waals surface area contributed by atoms with Gasteiger partial charge in [0.1, 0.15) is 29.0 Å². The topological polar surface area (TPSA) is 69.4 Å². The van der Waals surface area contributed by atoms with Crippen LogP contribution in [-0.4, -0.2) is 22.5 Å². The lowest BCUT2D eigenvalue weighted by atomic mass is 10.2. The average Bonchev–Trinajstić information content (AvgIpc) is 3.43. The standard InChI is InChI=1S/C26H20ClN3O2S/c27-19-11-9-18(10-12-19)22-16-33-26(29-22)24-23(31)14-30(25(24)28)20-7-4-8-21(13-20)32-15-17-5-2-1-3-6-17/h1-13,16,28,31H,14-15H2. The number of aliphatic hydroxyl groups is 1. The van der Waals surface area contributed by atoms with Crippen LogP contribution in [0.5, 0.6) is 5.75 Å². The number of benzene rings is 3. The summed E-state index contributed by atoms with van der Waals surface area (Å²) in [4.78, 5) is 6.42. The van der Waals surface area contributed by atoms with Crippen molar-refractivity contribution in [1.82, 2.24) is 4.98 Å². The van der Waals surface area contributed by atoms with E-state index in [4.69, 9.17) is 21.7 Å². The summed E-state index contributed by atoms with van der Waals surface area (Å²) >= 11 is 7.39. The summed E-state index contributed by atoms with van der Waals surface area (Å²) in [5.41, 5.74) is 4.04. The average molecular weight is 474 g/mol. The zero-order chi connectivity index (χ0) is 22.8. The fourth-order valence-corrected chi connectivity index (χ4v) is 4.67. The van der Waals surface area contributed by atoms with Crippen LogP contribution in [0.2, 0.25) is 5.02 Å². The summed E-state index contributed by atoms with van der Waals surface area (Å²) < 4.78 is 5.93. The Morgan fingerprint density at radius 1 is 1.03 bits per heavy atom. The van der Waals surface area contributed by atoms with Crippen LogP contribution in [0.15, 0.2) is 90.0 Å². The number of hydrogen-bond acceptors (Lipinski definition) is 5. The zero-order valence-corrected chi connectivity index (χ0v) is 19.1. The lowest BCUT2D eigenvalue weighted by molar-refractivity contribution is 0.306. The van der Waals surface area contributed by atoms with E-state index in [1.807, 2.05) is 84.2 Å². The van der Waals surface area contributed by atoms with E-state index in [1.165, 1.54) is 11.3 Å². The van der Waals surface area contributed by atoms with Crippen molar-refractivity contribution in [3.8, 4) is 17.0 Å². The molecule has 33 heavy (non-hydrogen) atoms. The molecule has 3 aromatic carbocycles. The third-order valence-corrected chi connectivity index (χ3v) is 6.45. The summed E-state index contributed by atoms with van der Waals surface area (Å²) in [6.45, 7) is 0.676. The van der Waals surface area contributed by atoms with Crippen LogP contribution in [0.4, 0.5) is 5.69 Å². The highest BCUT2D eigenvalue weighted by Gasteiger charge is 2.31. The number of thiazole rings is 1. The molecule has 4 aromatic rings. The second-order valence-corrected chi connectivity index (χ2v) is 8.87. The number of ether oxygens (including phenoxy) is 1. The first-order chi connectivity index (χ1) is 16.1. The molecule has 2 heterocycles. The van der Waals surface area contributed by atoms with Gasteiger partial charge in [0.05, 0.1) is 17.8 Å². The normalized spacial score (nSPS) is 13.6. The van der Waals surface area contributed by atoms with E-state index in [9.17, 15) is 5.11 Å². The Hall–Kier alpha value is -3.61. The van der Waals surface area contributed by atoms with E-state index < -0.39 is 0 Å². The summed E-state index contributed by atoms with van der Waals surface area (Å²) in [6, 6.07) is 25.0. The maximum atomic E-state index is 10.7. The number of halogens is 1. The summed E-state index contributed by atoms with van der Waals surface area (Å²) in [6.07, 6.45) is 0. The van der Waals surface area contributed by atoms with E-state index in [-0.39, 0.29) is 18.1 Å². The highest BCUT2D eigenvalue weighted by molar-refractivity contribution is 7.11. The van der Waals surface area contributed by atoms with Gasteiger partial charge in [0.25, 0.3) is 0 Å². The Balaban J connectivity index is 1.34. The van der Waals surface area contributed by atoms with Crippen molar-refractivity contribution in [3.05, 3.63) is 106 Å². The molecule has 0 saturated carbocycles.